The number of fused-ring (bicyclic) bond motifs is 9. The van der Waals surface area contributed by atoms with Gasteiger partial charge in [-0.25, -0.2) is 9.97 Å². The van der Waals surface area contributed by atoms with E-state index in [0.717, 1.165) is 58.5 Å². The summed E-state index contributed by atoms with van der Waals surface area (Å²) >= 11 is 0. The maximum atomic E-state index is 5.40. The average molecular weight is 591 g/mol. The minimum absolute atomic E-state index is 0.225. The summed E-state index contributed by atoms with van der Waals surface area (Å²) in [5.74, 6) is 1.15. The Labute approximate surface area is 265 Å². The van der Waals surface area contributed by atoms with Gasteiger partial charge in [0.1, 0.15) is 0 Å². The molecular formula is C42H30N4. The van der Waals surface area contributed by atoms with Crippen molar-refractivity contribution < 1.29 is 0 Å². The molecule has 9 aromatic rings. The van der Waals surface area contributed by atoms with Crippen LogP contribution in [0.4, 0.5) is 0 Å². The molecule has 4 heteroatoms. The molecule has 46 heavy (non-hydrogen) atoms. The predicted octanol–water partition coefficient (Wildman–Crippen LogP) is 10.8. The molecule has 3 aromatic heterocycles. The second-order valence-corrected chi connectivity index (χ2v) is 12.5. The van der Waals surface area contributed by atoms with Gasteiger partial charge in [-0.05, 0) is 78.6 Å². The van der Waals surface area contributed by atoms with Crippen LogP contribution in [0.3, 0.4) is 0 Å². The smallest absolute Gasteiger partial charge is 0.160 e. The van der Waals surface area contributed by atoms with E-state index < -0.39 is 0 Å². The van der Waals surface area contributed by atoms with E-state index in [9.17, 15) is 0 Å². The lowest BCUT2D eigenvalue weighted by molar-refractivity contribution is 0.638. The molecule has 0 saturated carbocycles. The third kappa shape index (κ3) is 3.67. The van der Waals surface area contributed by atoms with Gasteiger partial charge in [0.05, 0.1) is 38.8 Å². The molecule has 0 aliphatic heterocycles. The minimum atomic E-state index is 0.225. The van der Waals surface area contributed by atoms with Crippen LogP contribution in [0, 0.1) is 0 Å². The lowest BCUT2D eigenvalue weighted by Crippen LogP contribution is -2.11. The Hall–Kier alpha value is -5.74. The fourth-order valence-electron chi connectivity index (χ4n) is 7.79. The van der Waals surface area contributed by atoms with E-state index >= 15 is 0 Å². The molecular weight excluding hydrogens is 560 g/mol. The Balaban J connectivity index is 1.39. The minimum Gasteiger partial charge on any atom is -0.309 e. The molecule has 0 spiro atoms. The average Bonchev–Trinajstić information content (AvgIpc) is 3.63. The zero-order valence-corrected chi connectivity index (χ0v) is 25.3. The number of rotatable bonds is 3. The van der Waals surface area contributed by atoms with Gasteiger partial charge in [-0.1, -0.05) is 91.0 Å². The molecule has 0 radical (unpaired) electrons. The molecule has 0 fully saturated rings. The van der Waals surface area contributed by atoms with Crippen LogP contribution in [0.5, 0.6) is 0 Å². The molecule has 3 heterocycles. The highest BCUT2D eigenvalue weighted by molar-refractivity contribution is 6.25. The predicted molar refractivity (Wildman–Crippen MR) is 191 cm³/mol. The van der Waals surface area contributed by atoms with E-state index in [0.29, 0.717) is 0 Å². The van der Waals surface area contributed by atoms with Crippen molar-refractivity contribution in [3.8, 4) is 11.5 Å². The number of para-hydroxylation sites is 4. The molecule has 0 saturated heterocycles. The fourth-order valence-corrected chi connectivity index (χ4v) is 7.79. The van der Waals surface area contributed by atoms with E-state index in [4.69, 9.17) is 9.97 Å². The van der Waals surface area contributed by atoms with Gasteiger partial charge in [0.25, 0.3) is 0 Å². The quantitative estimate of drug-likeness (QED) is 0.192. The zero-order chi connectivity index (χ0) is 30.2. The summed E-state index contributed by atoms with van der Waals surface area (Å²) in [5.41, 5.74) is 8.74. The van der Waals surface area contributed by atoms with Gasteiger partial charge in [-0.2, -0.15) is 0 Å². The zero-order valence-electron chi connectivity index (χ0n) is 25.3. The maximum absolute atomic E-state index is 5.40. The molecule has 1 aliphatic carbocycles. The summed E-state index contributed by atoms with van der Waals surface area (Å²) in [4.78, 5) is 10.7. The molecule has 4 nitrogen and oxygen atoms in total. The summed E-state index contributed by atoms with van der Waals surface area (Å²) in [6.07, 6.45) is 8.02. The Kier molecular flexibility index (Phi) is 5.49. The lowest BCUT2D eigenvalue weighted by atomic mass is 9.92. The Bertz CT molecular complexity index is 2680. The lowest BCUT2D eigenvalue weighted by Gasteiger charge is -2.20. The fraction of sp³-hybridized carbons (Fsp3) is 0.0952. The van der Waals surface area contributed by atoms with Crippen LogP contribution in [0.2, 0.25) is 0 Å². The number of hydrogen-bond acceptors (Lipinski definition) is 2. The Morgan fingerprint density at radius 3 is 2.13 bits per heavy atom. The first-order chi connectivity index (χ1) is 22.8. The van der Waals surface area contributed by atoms with Crippen molar-refractivity contribution >= 4 is 65.4 Å². The summed E-state index contributed by atoms with van der Waals surface area (Å²) in [7, 11) is 0. The first kappa shape index (κ1) is 25.6. The molecule has 0 bridgehead atoms. The molecule has 6 aromatic carbocycles. The normalized spacial score (nSPS) is 15.3. The number of allylic oxidation sites excluding steroid dienone is 2. The van der Waals surface area contributed by atoms with Gasteiger partial charge in [0.15, 0.2) is 5.82 Å². The van der Waals surface area contributed by atoms with Crippen molar-refractivity contribution in [1.29, 1.82) is 0 Å². The van der Waals surface area contributed by atoms with Gasteiger partial charge in [0, 0.05) is 33.2 Å². The van der Waals surface area contributed by atoms with E-state index in [1.54, 1.807) is 0 Å². The molecule has 1 aliphatic rings. The molecule has 0 amide bonds. The van der Waals surface area contributed by atoms with Crippen molar-refractivity contribution in [2.45, 2.75) is 25.2 Å². The van der Waals surface area contributed by atoms with Crippen LogP contribution in [-0.2, 0) is 0 Å². The van der Waals surface area contributed by atoms with Crippen molar-refractivity contribution in [2.24, 2.45) is 0 Å². The highest BCUT2D eigenvalue weighted by Gasteiger charge is 2.25. The van der Waals surface area contributed by atoms with Gasteiger partial charge < -0.3 is 4.57 Å². The van der Waals surface area contributed by atoms with Gasteiger partial charge >= 0.3 is 0 Å². The largest absolute Gasteiger partial charge is 0.309 e. The van der Waals surface area contributed by atoms with E-state index in [1.165, 1.54) is 43.4 Å². The summed E-state index contributed by atoms with van der Waals surface area (Å²) in [6.45, 7) is 0. The van der Waals surface area contributed by atoms with Crippen LogP contribution in [0.25, 0.3) is 76.9 Å². The van der Waals surface area contributed by atoms with E-state index in [1.807, 2.05) is 0 Å². The SMILES string of the molecule is C1=CC(c2nc3ccccc3nc2-n2c3ccccc3c3cc4c5c6ccccc6ccc5n(-c5ccccc5)c4cc32)CCC1. The monoisotopic (exact) mass is 590 g/mol. The second-order valence-electron chi connectivity index (χ2n) is 12.5. The third-order valence-electron chi connectivity index (χ3n) is 9.86. The molecule has 0 N–H and O–H groups in total. The Morgan fingerprint density at radius 2 is 1.28 bits per heavy atom. The maximum Gasteiger partial charge on any atom is 0.160 e. The van der Waals surface area contributed by atoms with Crippen molar-refractivity contribution in [2.75, 3.05) is 0 Å². The Morgan fingerprint density at radius 1 is 0.543 bits per heavy atom. The van der Waals surface area contributed by atoms with Crippen molar-refractivity contribution in [3.63, 3.8) is 0 Å². The van der Waals surface area contributed by atoms with E-state index in [-0.39, 0.29) is 5.92 Å². The van der Waals surface area contributed by atoms with Gasteiger partial charge in [0.2, 0.25) is 0 Å². The van der Waals surface area contributed by atoms with E-state index in [2.05, 4.69) is 149 Å². The summed E-state index contributed by atoms with van der Waals surface area (Å²) < 4.78 is 4.81. The van der Waals surface area contributed by atoms with Crippen molar-refractivity contribution in [3.05, 3.63) is 145 Å². The number of aromatic nitrogens is 4. The second kappa shape index (κ2) is 9.88. The van der Waals surface area contributed by atoms with Crippen LogP contribution >= 0.6 is 0 Å². The standard InChI is InChI=1S/C42H30N4/c1-3-14-28(15-4-1)41-42(44-35-21-11-10-20-34(35)43-41)46-36-22-12-9-19-31(36)32-25-33-39(26-38(32)46)45(29-16-5-2-6-17-29)37-24-23-27-13-7-8-18-30(27)40(33)37/h2-3,5-14,16-26,28H,1,4,15H2. The van der Waals surface area contributed by atoms with Crippen LogP contribution in [0.15, 0.2) is 140 Å². The number of hydrogen-bond donors (Lipinski definition) is 0. The number of nitrogens with zero attached hydrogens (tertiary/aromatic N) is 4. The molecule has 218 valence electrons. The highest BCUT2D eigenvalue weighted by atomic mass is 15.1. The van der Waals surface area contributed by atoms with Gasteiger partial charge in [-0.15, -0.1) is 0 Å². The van der Waals surface area contributed by atoms with Gasteiger partial charge in [-0.3, -0.25) is 4.57 Å². The van der Waals surface area contributed by atoms with Crippen LogP contribution in [0.1, 0.15) is 30.9 Å². The van der Waals surface area contributed by atoms with Crippen LogP contribution in [-0.4, -0.2) is 19.1 Å². The molecule has 1 atom stereocenters. The van der Waals surface area contributed by atoms with Crippen LogP contribution < -0.4 is 0 Å². The molecule has 1 unspecified atom stereocenters. The summed E-state index contributed by atoms with van der Waals surface area (Å²) in [5, 5.41) is 7.51. The summed E-state index contributed by atoms with van der Waals surface area (Å²) in [6, 6.07) is 45.9. The van der Waals surface area contributed by atoms with Crippen molar-refractivity contribution in [1.82, 2.24) is 19.1 Å². The topological polar surface area (TPSA) is 35.6 Å². The highest BCUT2D eigenvalue weighted by Crippen LogP contribution is 2.43. The number of benzene rings is 6. The third-order valence-corrected chi connectivity index (χ3v) is 9.86. The first-order valence-electron chi connectivity index (χ1n) is 16.2. The molecule has 10 rings (SSSR count). The first-order valence-corrected chi connectivity index (χ1v) is 16.2.